The Morgan fingerprint density at radius 3 is 2.64 bits per heavy atom. The molecule has 2 amide bonds. The van der Waals surface area contributed by atoms with Crippen molar-refractivity contribution in [2.24, 2.45) is 0 Å². The highest BCUT2D eigenvalue weighted by atomic mass is 32.1. The third-order valence-electron chi connectivity index (χ3n) is 3.38. The van der Waals surface area contributed by atoms with Gasteiger partial charge in [0.05, 0.1) is 14.2 Å². The van der Waals surface area contributed by atoms with Crippen LogP contribution in [0.5, 0.6) is 11.5 Å². The number of hydrogen-bond acceptors (Lipinski definition) is 7. The van der Waals surface area contributed by atoms with Gasteiger partial charge in [-0.25, -0.2) is 4.79 Å². The standard InChI is InChI=1S/C16H16N2O6S/c1-18-15(21)10(14(20)17-16(18)25)6-9-4-5-11(12(7-9)22-2)24-8-13(19)23-3/h4-7H,8H2,1-3H3,(H,17,20,25)/b10-6+. The number of ether oxygens (including phenoxy) is 3. The van der Waals surface area contributed by atoms with Crippen molar-refractivity contribution < 1.29 is 28.6 Å². The van der Waals surface area contributed by atoms with Gasteiger partial charge in [0.2, 0.25) is 0 Å². The van der Waals surface area contributed by atoms with Crippen LogP contribution in [0.3, 0.4) is 0 Å². The maximum Gasteiger partial charge on any atom is 0.343 e. The van der Waals surface area contributed by atoms with Crippen LogP contribution >= 0.6 is 12.2 Å². The van der Waals surface area contributed by atoms with E-state index in [2.05, 4.69) is 10.1 Å². The molecule has 1 heterocycles. The first-order valence-electron chi connectivity index (χ1n) is 7.10. The Hall–Kier alpha value is -2.94. The molecule has 1 saturated heterocycles. The Bertz CT molecular complexity index is 774. The number of benzene rings is 1. The first-order valence-corrected chi connectivity index (χ1v) is 7.51. The fourth-order valence-corrected chi connectivity index (χ4v) is 2.18. The van der Waals surface area contributed by atoms with Crippen molar-refractivity contribution in [2.45, 2.75) is 0 Å². The molecular formula is C16H16N2O6S. The maximum atomic E-state index is 12.2. The molecule has 0 atom stereocenters. The minimum absolute atomic E-state index is 0.0521. The highest BCUT2D eigenvalue weighted by Gasteiger charge is 2.30. The Labute approximate surface area is 149 Å². The van der Waals surface area contributed by atoms with E-state index in [0.29, 0.717) is 17.1 Å². The molecule has 0 aliphatic carbocycles. The largest absolute Gasteiger partial charge is 0.493 e. The van der Waals surface area contributed by atoms with Crippen LogP contribution in [0.2, 0.25) is 0 Å². The van der Waals surface area contributed by atoms with Gasteiger partial charge in [0.25, 0.3) is 11.8 Å². The third kappa shape index (κ3) is 4.13. The van der Waals surface area contributed by atoms with Gasteiger partial charge in [-0.2, -0.15) is 0 Å². The van der Waals surface area contributed by atoms with Crippen LogP contribution in [-0.2, 0) is 19.1 Å². The number of likely N-dealkylation sites (N-methyl/N-ethyl adjacent to an activating group) is 1. The number of thiocarbonyl (C=S) groups is 1. The van der Waals surface area contributed by atoms with E-state index in [1.165, 1.54) is 32.2 Å². The minimum atomic E-state index is -0.571. The van der Waals surface area contributed by atoms with E-state index in [4.69, 9.17) is 21.7 Å². The smallest absolute Gasteiger partial charge is 0.343 e. The van der Waals surface area contributed by atoms with E-state index >= 15 is 0 Å². The number of carbonyl (C=O) groups excluding carboxylic acids is 3. The molecule has 0 unspecified atom stereocenters. The molecule has 1 aliphatic rings. The number of esters is 1. The summed E-state index contributed by atoms with van der Waals surface area (Å²) >= 11 is 4.89. The predicted octanol–water partition coefficient (Wildman–Crippen LogP) is 0.503. The topological polar surface area (TPSA) is 94.2 Å². The molecule has 0 bridgehead atoms. The van der Waals surface area contributed by atoms with E-state index < -0.39 is 17.8 Å². The number of nitrogens with zero attached hydrogens (tertiary/aromatic N) is 1. The molecule has 8 nitrogen and oxygen atoms in total. The molecule has 0 spiro atoms. The first-order chi connectivity index (χ1) is 11.9. The Balaban J connectivity index is 2.28. The van der Waals surface area contributed by atoms with Gasteiger partial charge < -0.3 is 14.2 Å². The van der Waals surface area contributed by atoms with Crippen molar-refractivity contribution >= 4 is 41.2 Å². The van der Waals surface area contributed by atoms with E-state index in [1.54, 1.807) is 18.2 Å². The number of hydrogen-bond donors (Lipinski definition) is 1. The highest BCUT2D eigenvalue weighted by molar-refractivity contribution is 7.80. The van der Waals surface area contributed by atoms with Gasteiger partial charge in [-0.05, 0) is 36.0 Å². The molecular weight excluding hydrogens is 348 g/mol. The first kappa shape index (κ1) is 18.4. The molecule has 1 aliphatic heterocycles. The van der Waals surface area contributed by atoms with E-state index in [9.17, 15) is 14.4 Å². The van der Waals surface area contributed by atoms with E-state index in [0.717, 1.165) is 0 Å². The average molecular weight is 364 g/mol. The fraction of sp³-hybridized carbons (Fsp3) is 0.250. The normalized spacial score (nSPS) is 15.9. The van der Waals surface area contributed by atoms with E-state index in [1.807, 2.05) is 0 Å². The summed E-state index contributed by atoms with van der Waals surface area (Å²) in [7, 11) is 4.16. The van der Waals surface area contributed by atoms with Gasteiger partial charge in [-0.3, -0.25) is 19.8 Å². The summed E-state index contributed by atoms with van der Waals surface area (Å²) in [6, 6.07) is 4.76. The zero-order chi connectivity index (χ0) is 18.6. The van der Waals surface area contributed by atoms with Gasteiger partial charge in [0, 0.05) is 7.05 Å². The van der Waals surface area contributed by atoms with Crippen molar-refractivity contribution in [3.63, 3.8) is 0 Å². The second-order valence-corrected chi connectivity index (χ2v) is 5.34. The lowest BCUT2D eigenvalue weighted by Gasteiger charge is -2.25. The summed E-state index contributed by atoms with van der Waals surface area (Å²) in [4.78, 5) is 36.5. The van der Waals surface area contributed by atoms with Crippen LogP contribution in [0.25, 0.3) is 6.08 Å². The second-order valence-electron chi connectivity index (χ2n) is 4.96. The number of carbonyl (C=O) groups is 3. The van der Waals surface area contributed by atoms with Crippen molar-refractivity contribution in [2.75, 3.05) is 27.9 Å². The quantitative estimate of drug-likeness (QED) is 0.352. The zero-order valence-electron chi connectivity index (χ0n) is 13.8. The molecule has 1 fully saturated rings. The molecule has 0 aromatic heterocycles. The lowest BCUT2D eigenvalue weighted by atomic mass is 10.1. The molecule has 2 rings (SSSR count). The highest BCUT2D eigenvalue weighted by Crippen LogP contribution is 2.29. The SMILES string of the molecule is COC(=O)COc1ccc(/C=C2\C(=O)NC(=S)N(C)C2=O)cc1OC. The summed E-state index contributed by atoms with van der Waals surface area (Å²) in [5.74, 6) is -0.938. The van der Waals surface area contributed by atoms with Crippen LogP contribution in [0.15, 0.2) is 23.8 Å². The van der Waals surface area contributed by atoms with Crippen LogP contribution in [0, 0.1) is 0 Å². The Kier molecular flexibility index (Phi) is 5.71. The molecule has 9 heteroatoms. The number of methoxy groups -OCH3 is 2. The third-order valence-corrected chi connectivity index (χ3v) is 3.75. The minimum Gasteiger partial charge on any atom is -0.493 e. The molecule has 0 saturated carbocycles. The van der Waals surface area contributed by atoms with Gasteiger partial charge in [-0.1, -0.05) is 6.07 Å². The summed E-state index contributed by atoms with van der Waals surface area (Å²) in [6.45, 7) is -0.267. The summed E-state index contributed by atoms with van der Waals surface area (Å²) in [6.07, 6.45) is 1.42. The number of rotatable bonds is 5. The molecule has 25 heavy (non-hydrogen) atoms. The van der Waals surface area contributed by atoms with Gasteiger partial charge >= 0.3 is 5.97 Å². The second kappa shape index (κ2) is 7.75. The van der Waals surface area contributed by atoms with Crippen LogP contribution in [0.1, 0.15) is 5.56 Å². The van der Waals surface area contributed by atoms with Crippen molar-refractivity contribution in [1.29, 1.82) is 0 Å². The van der Waals surface area contributed by atoms with Gasteiger partial charge in [-0.15, -0.1) is 0 Å². The average Bonchev–Trinajstić information content (AvgIpc) is 2.61. The fourth-order valence-electron chi connectivity index (χ4n) is 2.00. The zero-order valence-corrected chi connectivity index (χ0v) is 14.6. The van der Waals surface area contributed by atoms with Gasteiger partial charge in [0.15, 0.2) is 23.2 Å². The maximum absolute atomic E-state index is 12.2. The monoisotopic (exact) mass is 364 g/mol. The van der Waals surface area contributed by atoms with Crippen LogP contribution in [-0.4, -0.2) is 55.7 Å². The Morgan fingerprint density at radius 2 is 2.00 bits per heavy atom. The van der Waals surface area contributed by atoms with Crippen molar-refractivity contribution in [3.05, 3.63) is 29.3 Å². The molecule has 132 valence electrons. The van der Waals surface area contributed by atoms with Crippen molar-refractivity contribution in [1.82, 2.24) is 10.2 Å². The summed E-state index contributed by atoms with van der Waals surface area (Å²) in [5, 5.41) is 2.48. The number of amides is 2. The lowest BCUT2D eigenvalue weighted by molar-refractivity contribution is -0.143. The molecule has 0 radical (unpaired) electrons. The number of nitrogens with one attached hydrogen (secondary N) is 1. The molecule has 1 aromatic carbocycles. The lowest BCUT2D eigenvalue weighted by Crippen LogP contribution is -2.52. The summed E-state index contributed by atoms with van der Waals surface area (Å²) in [5.41, 5.74) is 0.489. The van der Waals surface area contributed by atoms with Crippen LogP contribution < -0.4 is 14.8 Å². The van der Waals surface area contributed by atoms with E-state index in [-0.39, 0.29) is 17.3 Å². The summed E-state index contributed by atoms with van der Waals surface area (Å²) < 4.78 is 15.0. The molecule has 1 N–H and O–H groups in total. The predicted molar refractivity (Wildman–Crippen MR) is 92.0 cm³/mol. The Morgan fingerprint density at radius 1 is 1.28 bits per heavy atom. The van der Waals surface area contributed by atoms with Crippen molar-refractivity contribution in [3.8, 4) is 11.5 Å². The van der Waals surface area contributed by atoms with Gasteiger partial charge in [0.1, 0.15) is 5.57 Å². The molecule has 1 aromatic rings. The van der Waals surface area contributed by atoms with Crippen LogP contribution in [0.4, 0.5) is 0 Å².